The lowest BCUT2D eigenvalue weighted by Gasteiger charge is -2.19. The second-order valence-electron chi connectivity index (χ2n) is 5.01. The molecular formula is C16H19ClN4O2. The molecule has 7 heteroatoms. The van der Waals surface area contributed by atoms with Gasteiger partial charge < -0.3 is 15.3 Å². The van der Waals surface area contributed by atoms with Gasteiger partial charge >= 0.3 is 0 Å². The van der Waals surface area contributed by atoms with Crippen molar-refractivity contribution < 1.29 is 9.90 Å². The Kier molecular flexibility index (Phi) is 5.39. The quantitative estimate of drug-likeness (QED) is 0.821. The third-order valence-electron chi connectivity index (χ3n) is 3.39. The number of aryl methyl sites for hydroxylation is 1. The summed E-state index contributed by atoms with van der Waals surface area (Å²) in [4.78, 5) is 22.8. The van der Waals surface area contributed by atoms with Gasteiger partial charge in [-0.05, 0) is 38.5 Å². The first-order valence-electron chi connectivity index (χ1n) is 7.34. The summed E-state index contributed by atoms with van der Waals surface area (Å²) in [7, 11) is 0. The third kappa shape index (κ3) is 3.90. The number of benzene rings is 1. The van der Waals surface area contributed by atoms with Gasteiger partial charge in [0.15, 0.2) is 5.69 Å². The number of phenolic OH excluding ortho intramolecular Hbond substituents is 1. The summed E-state index contributed by atoms with van der Waals surface area (Å²) < 4.78 is 0. The van der Waals surface area contributed by atoms with Crippen LogP contribution in [-0.2, 0) is 0 Å². The predicted molar refractivity (Wildman–Crippen MR) is 91.4 cm³/mol. The summed E-state index contributed by atoms with van der Waals surface area (Å²) in [6, 6.07) is 4.95. The van der Waals surface area contributed by atoms with Gasteiger partial charge in [-0.15, -0.1) is 0 Å². The van der Waals surface area contributed by atoms with Gasteiger partial charge in [-0.2, -0.15) is 0 Å². The van der Waals surface area contributed by atoms with E-state index in [1.54, 1.807) is 12.1 Å². The number of aromatic nitrogens is 2. The topological polar surface area (TPSA) is 78.4 Å². The Hall–Kier alpha value is -2.34. The number of hydrogen-bond donors (Lipinski definition) is 2. The van der Waals surface area contributed by atoms with E-state index in [0.29, 0.717) is 11.6 Å². The molecular weight excluding hydrogens is 316 g/mol. The van der Waals surface area contributed by atoms with Crippen LogP contribution < -0.4 is 10.2 Å². The molecule has 1 aromatic carbocycles. The van der Waals surface area contributed by atoms with Gasteiger partial charge in [-0.25, -0.2) is 9.97 Å². The fraction of sp³-hybridized carbons (Fsp3) is 0.312. The number of halogens is 1. The van der Waals surface area contributed by atoms with Crippen LogP contribution in [0.25, 0.3) is 0 Å². The Morgan fingerprint density at radius 1 is 1.35 bits per heavy atom. The van der Waals surface area contributed by atoms with Gasteiger partial charge in [0.05, 0.1) is 16.9 Å². The van der Waals surface area contributed by atoms with Crippen LogP contribution in [0.4, 0.5) is 11.6 Å². The molecule has 0 unspecified atom stereocenters. The first kappa shape index (κ1) is 17.0. The highest BCUT2D eigenvalue weighted by Gasteiger charge is 2.17. The summed E-state index contributed by atoms with van der Waals surface area (Å²) in [5, 5.41) is 12.6. The Labute approximate surface area is 140 Å². The first-order chi connectivity index (χ1) is 11.0. The smallest absolute Gasteiger partial charge is 0.276 e. The lowest BCUT2D eigenvalue weighted by atomic mass is 10.2. The molecule has 2 aromatic rings. The fourth-order valence-corrected chi connectivity index (χ4v) is 2.28. The van der Waals surface area contributed by atoms with E-state index >= 15 is 0 Å². The molecule has 2 N–H and O–H groups in total. The lowest BCUT2D eigenvalue weighted by molar-refractivity contribution is 0.102. The Bertz CT molecular complexity index is 717. The maximum atomic E-state index is 12.4. The summed E-state index contributed by atoms with van der Waals surface area (Å²) in [5.74, 6) is -0.0668. The Morgan fingerprint density at radius 3 is 2.70 bits per heavy atom. The largest absolute Gasteiger partial charge is 0.506 e. The maximum absolute atomic E-state index is 12.4. The highest BCUT2D eigenvalue weighted by Crippen LogP contribution is 2.25. The van der Waals surface area contributed by atoms with Crippen molar-refractivity contribution in [2.75, 3.05) is 23.3 Å². The Balaban J connectivity index is 2.31. The minimum absolute atomic E-state index is 0.0157. The number of aromatic hydroxyl groups is 1. The number of carbonyl (C=O) groups is 1. The molecule has 122 valence electrons. The van der Waals surface area contributed by atoms with E-state index in [2.05, 4.69) is 15.3 Å². The fourth-order valence-electron chi connectivity index (χ4n) is 2.11. The predicted octanol–water partition coefficient (Wildman–Crippen LogP) is 3.24. The van der Waals surface area contributed by atoms with Crippen LogP contribution in [-0.4, -0.2) is 34.1 Å². The number of nitrogens with zero attached hydrogens (tertiary/aromatic N) is 3. The normalized spacial score (nSPS) is 10.4. The molecule has 0 spiro atoms. The third-order valence-corrected chi connectivity index (χ3v) is 3.67. The van der Waals surface area contributed by atoms with E-state index in [9.17, 15) is 9.90 Å². The lowest BCUT2D eigenvalue weighted by Crippen LogP contribution is -2.25. The van der Waals surface area contributed by atoms with Crippen LogP contribution >= 0.6 is 11.6 Å². The monoisotopic (exact) mass is 334 g/mol. The van der Waals surface area contributed by atoms with E-state index in [4.69, 9.17) is 11.6 Å². The van der Waals surface area contributed by atoms with Crippen molar-refractivity contribution in [3.05, 3.63) is 40.7 Å². The number of rotatable bonds is 5. The molecule has 0 bridgehead atoms. The minimum atomic E-state index is -0.494. The molecule has 1 heterocycles. The number of carbonyl (C=O) groups excluding carboxylic acids is 1. The van der Waals surface area contributed by atoms with Crippen LogP contribution in [0.2, 0.25) is 5.02 Å². The van der Waals surface area contributed by atoms with Crippen molar-refractivity contribution >= 4 is 29.1 Å². The van der Waals surface area contributed by atoms with Crippen molar-refractivity contribution in [2.24, 2.45) is 0 Å². The molecule has 1 amide bonds. The molecule has 0 saturated carbocycles. The van der Waals surface area contributed by atoms with Crippen LogP contribution in [0.15, 0.2) is 24.4 Å². The van der Waals surface area contributed by atoms with E-state index in [0.717, 1.165) is 18.7 Å². The van der Waals surface area contributed by atoms with Crippen molar-refractivity contribution in [1.82, 2.24) is 9.97 Å². The van der Waals surface area contributed by atoms with E-state index in [-0.39, 0.29) is 16.5 Å². The van der Waals surface area contributed by atoms with Crippen LogP contribution in [0, 0.1) is 6.92 Å². The summed E-state index contributed by atoms with van der Waals surface area (Å²) in [6.45, 7) is 7.26. The number of anilines is 2. The maximum Gasteiger partial charge on any atom is 0.276 e. The number of nitrogens with one attached hydrogen (secondary N) is 1. The zero-order valence-electron chi connectivity index (χ0n) is 13.3. The SMILES string of the molecule is CCN(CC)c1ncc(Cl)c(C(=O)Nc2cc(C)ccc2O)n1. The van der Waals surface area contributed by atoms with Gasteiger partial charge in [0.2, 0.25) is 5.95 Å². The molecule has 1 aromatic heterocycles. The molecule has 2 rings (SSSR count). The standard InChI is InChI=1S/C16H19ClN4O2/c1-4-21(5-2)16-18-9-11(17)14(20-16)15(23)19-12-8-10(3)6-7-13(12)22/h6-9,22H,4-5H2,1-3H3,(H,19,23). The average molecular weight is 335 g/mol. The zero-order valence-corrected chi connectivity index (χ0v) is 14.1. The van der Waals surface area contributed by atoms with Crippen LogP contribution in [0.1, 0.15) is 29.9 Å². The van der Waals surface area contributed by atoms with Crippen molar-refractivity contribution in [3.8, 4) is 5.75 Å². The van der Waals surface area contributed by atoms with Crippen molar-refractivity contribution in [3.63, 3.8) is 0 Å². The van der Waals surface area contributed by atoms with Gasteiger partial charge in [-0.3, -0.25) is 4.79 Å². The highest BCUT2D eigenvalue weighted by molar-refractivity contribution is 6.34. The van der Waals surface area contributed by atoms with Gasteiger partial charge in [0, 0.05) is 13.1 Å². The van der Waals surface area contributed by atoms with E-state index in [1.807, 2.05) is 25.7 Å². The van der Waals surface area contributed by atoms with E-state index < -0.39 is 5.91 Å². The second kappa shape index (κ2) is 7.28. The molecule has 0 aliphatic carbocycles. The molecule has 0 fully saturated rings. The molecule has 0 aliphatic rings. The molecule has 23 heavy (non-hydrogen) atoms. The summed E-state index contributed by atoms with van der Waals surface area (Å²) in [6.07, 6.45) is 1.41. The molecule has 0 atom stereocenters. The number of amides is 1. The Morgan fingerprint density at radius 2 is 2.04 bits per heavy atom. The van der Waals surface area contributed by atoms with E-state index in [1.165, 1.54) is 12.3 Å². The highest BCUT2D eigenvalue weighted by atomic mass is 35.5. The van der Waals surface area contributed by atoms with Gasteiger partial charge in [0.25, 0.3) is 5.91 Å². The van der Waals surface area contributed by atoms with Gasteiger partial charge in [-0.1, -0.05) is 17.7 Å². The van der Waals surface area contributed by atoms with Crippen molar-refractivity contribution in [2.45, 2.75) is 20.8 Å². The minimum Gasteiger partial charge on any atom is -0.506 e. The number of phenols is 1. The summed E-state index contributed by atoms with van der Waals surface area (Å²) >= 11 is 6.05. The second-order valence-corrected chi connectivity index (χ2v) is 5.42. The van der Waals surface area contributed by atoms with Crippen LogP contribution in [0.5, 0.6) is 5.75 Å². The van der Waals surface area contributed by atoms with Crippen LogP contribution in [0.3, 0.4) is 0 Å². The van der Waals surface area contributed by atoms with Crippen molar-refractivity contribution in [1.29, 1.82) is 0 Å². The molecule has 0 aliphatic heterocycles. The number of hydrogen-bond acceptors (Lipinski definition) is 5. The zero-order chi connectivity index (χ0) is 17.0. The first-order valence-corrected chi connectivity index (χ1v) is 7.72. The molecule has 0 saturated heterocycles. The average Bonchev–Trinajstić information content (AvgIpc) is 2.53. The van der Waals surface area contributed by atoms with Gasteiger partial charge in [0.1, 0.15) is 5.75 Å². The molecule has 0 radical (unpaired) electrons. The summed E-state index contributed by atoms with van der Waals surface area (Å²) in [5.41, 5.74) is 1.30. The molecule has 6 nitrogen and oxygen atoms in total.